The van der Waals surface area contributed by atoms with Crippen LogP contribution in [0.3, 0.4) is 0 Å². The third kappa shape index (κ3) is 3.26. The summed E-state index contributed by atoms with van der Waals surface area (Å²) in [5.41, 5.74) is 3.34. The molecule has 5 heteroatoms. The number of nitrogens with zero attached hydrogens (tertiary/aromatic N) is 1. The Hall–Kier alpha value is -2.40. The molecule has 0 spiro atoms. The molecule has 0 amide bonds. The summed E-state index contributed by atoms with van der Waals surface area (Å²) in [7, 11) is 0. The number of H-pyrrole nitrogens is 1. The first kappa shape index (κ1) is 14.5. The maximum Gasteiger partial charge on any atom is 0.252 e. The molecule has 0 saturated heterocycles. The van der Waals surface area contributed by atoms with E-state index in [1.54, 1.807) is 0 Å². The molecule has 0 aliphatic rings. The van der Waals surface area contributed by atoms with E-state index in [1.807, 2.05) is 55.5 Å². The Bertz CT molecular complexity index is 859. The van der Waals surface area contributed by atoms with Gasteiger partial charge in [-0.1, -0.05) is 36.4 Å². The molecular weight excluding hydrogens is 342 g/mol. The minimum atomic E-state index is -0.195. The van der Waals surface area contributed by atoms with Crippen molar-refractivity contribution in [3.63, 3.8) is 0 Å². The van der Waals surface area contributed by atoms with Crippen LogP contribution < -0.4 is 10.9 Å². The summed E-state index contributed by atoms with van der Waals surface area (Å²) in [5.74, 6) is 0.413. The van der Waals surface area contributed by atoms with Gasteiger partial charge in [-0.15, -0.1) is 0 Å². The van der Waals surface area contributed by atoms with Gasteiger partial charge in [-0.2, -0.15) is 0 Å². The van der Waals surface area contributed by atoms with Gasteiger partial charge in [0, 0.05) is 16.1 Å². The highest BCUT2D eigenvalue weighted by Crippen LogP contribution is 2.26. The van der Waals surface area contributed by atoms with Crippen LogP contribution in [0, 0.1) is 6.92 Å². The number of aromatic amines is 1. The van der Waals surface area contributed by atoms with Crippen LogP contribution in [0.5, 0.6) is 0 Å². The third-order valence-electron chi connectivity index (χ3n) is 3.19. The zero-order valence-corrected chi connectivity index (χ0v) is 13.5. The van der Waals surface area contributed by atoms with Gasteiger partial charge < -0.3 is 5.32 Å². The molecule has 0 aliphatic heterocycles. The van der Waals surface area contributed by atoms with Crippen LogP contribution in [0.25, 0.3) is 11.3 Å². The van der Waals surface area contributed by atoms with Gasteiger partial charge in [0.15, 0.2) is 0 Å². The van der Waals surface area contributed by atoms with Crippen LogP contribution in [0.4, 0.5) is 11.6 Å². The van der Waals surface area contributed by atoms with Gasteiger partial charge in [-0.25, -0.2) is 4.98 Å². The third-order valence-corrected chi connectivity index (χ3v) is 3.84. The average molecular weight is 356 g/mol. The lowest BCUT2D eigenvalue weighted by molar-refractivity contribution is 1.12. The highest BCUT2D eigenvalue weighted by molar-refractivity contribution is 9.10. The first-order chi connectivity index (χ1) is 10.6. The fourth-order valence-corrected chi connectivity index (χ4v) is 2.72. The van der Waals surface area contributed by atoms with Crippen molar-refractivity contribution in [3.05, 3.63) is 75.0 Å². The molecule has 0 radical (unpaired) electrons. The van der Waals surface area contributed by atoms with Crippen molar-refractivity contribution in [2.24, 2.45) is 0 Å². The van der Waals surface area contributed by atoms with Crippen LogP contribution in [0.1, 0.15) is 5.56 Å². The molecule has 0 unspecified atom stereocenters. The van der Waals surface area contributed by atoms with Gasteiger partial charge in [-0.3, -0.25) is 9.78 Å². The van der Waals surface area contributed by atoms with Crippen LogP contribution in [-0.2, 0) is 0 Å². The summed E-state index contributed by atoms with van der Waals surface area (Å²) in [6.07, 6.45) is 0. The van der Waals surface area contributed by atoms with E-state index in [1.165, 1.54) is 6.07 Å². The molecule has 110 valence electrons. The number of benzene rings is 2. The van der Waals surface area contributed by atoms with Crippen molar-refractivity contribution in [2.75, 3.05) is 5.32 Å². The van der Waals surface area contributed by atoms with Gasteiger partial charge in [0.25, 0.3) is 5.56 Å². The minimum absolute atomic E-state index is 0.195. The van der Waals surface area contributed by atoms with Crippen LogP contribution >= 0.6 is 15.9 Å². The topological polar surface area (TPSA) is 57.8 Å². The number of hydrogen-bond donors (Lipinski definition) is 2. The fourth-order valence-electron chi connectivity index (χ4n) is 2.12. The molecule has 1 heterocycles. The van der Waals surface area contributed by atoms with Gasteiger partial charge >= 0.3 is 0 Å². The Labute approximate surface area is 136 Å². The van der Waals surface area contributed by atoms with Gasteiger partial charge in [0.2, 0.25) is 5.95 Å². The molecule has 22 heavy (non-hydrogen) atoms. The predicted molar refractivity (Wildman–Crippen MR) is 92.5 cm³/mol. The minimum Gasteiger partial charge on any atom is -0.325 e. The molecule has 2 N–H and O–H groups in total. The molecule has 0 aliphatic carbocycles. The second-order valence-electron chi connectivity index (χ2n) is 4.95. The van der Waals surface area contributed by atoms with E-state index < -0.39 is 0 Å². The Kier molecular flexibility index (Phi) is 4.06. The summed E-state index contributed by atoms with van der Waals surface area (Å²) < 4.78 is 0.917. The number of anilines is 2. The second-order valence-corrected chi connectivity index (χ2v) is 5.81. The molecule has 0 fully saturated rings. The van der Waals surface area contributed by atoms with Crippen molar-refractivity contribution < 1.29 is 0 Å². The summed E-state index contributed by atoms with van der Waals surface area (Å²) >= 11 is 3.50. The number of halogens is 1. The van der Waals surface area contributed by atoms with Crippen molar-refractivity contribution >= 4 is 27.6 Å². The number of nitrogens with one attached hydrogen (secondary N) is 2. The SMILES string of the molecule is Cc1ccc(Nc2nc(-c3ccccc3)cc(=O)[nH]2)c(Br)c1. The molecule has 0 saturated carbocycles. The summed E-state index contributed by atoms with van der Waals surface area (Å²) in [4.78, 5) is 19.1. The maximum atomic E-state index is 11.9. The average Bonchev–Trinajstić information content (AvgIpc) is 2.50. The highest BCUT2D eigenvalue weighted by Gasteiger charge is 2.06. The van der Waals surface area contributed by atoms with Gasteiger partial charge in [-0.05, 0) is 40.5 Å². The van der Waals surface area contributed by atoms with Gasteiger partial charge in [0.05, 0.1) is 11.4 Å². The van der Waals surface area contributed by atoms with E-state index in [2.05, 4.69) is 31.2 Å². The molecule has 3 aromatic rings. The molecule has 0 bridgehead atoms. The lowest BCUT2D eigenvalue weighted by atomic mass is 10.1. The standard InChI is InChI=1S/C17H14BrN3O/c1-11-7-8-14(13(18)9-11)19-17-20-15(10-16(22)21-17)12-5-3-2-4-6-12/h2-10H,1H3,(H2,19,20,21,22). The lowest BCUT2D eigenvalue weighted by Gasteiger charge is -2.09. The lowest BCUT2D eigenvalue weighted by Crippen LogP contribution is -2.10. The number of aryl methyl sites for hydroxylation is 1. The van der Waals surface area contributed by atoms with Crippen molar-refractivity contribution in [1.29, 1.82) is 0 Å². The van der Waals surface area contributed by atoms with Gasteiger partial charge in [0.1, 0.15) is 0 Å². The smallest absolute Gasteiger partial charge is 0.252 e. The molecule has 2 aromatic carbocycles. The van der Waals surface area contributed by atoms with E-state index in [0.29, 0.717) is 11.6 Å². The number of hydrogen-bond acceptors (Lipinski definition) is 3. The summed E-state index contributed by atoms with van der Waals surface area (Å²) in [6.45, 7) is 2.02. The molecule has 3 rings (SSSR count). The quantitative estimate of drug-likeness (QED) is 0.738. The highest BCUT2D eigenvalue weighted by atomic mass is 79.9. The fraction of sp³-hybridized carbons (Fsp3) is 0.0588. The number of aromatic nitrogens is 2. The summed E-state index contributed by atoms with van der Waals surface area (Å²) in [6, 6.07) is 17.0. The van der Waals surface area contributed by atoms with Crippen LogP contribution in [-0.4, -0.2) is 9.97 Å². The van der Waals surface area contributed by atoms with Crippen LogP contribution in [0.2, 0.25) is 0 Å². The predicted octanol–water partition coefficient (Wildman–Crippen LogP) is 4.25. The van der Waals surface area contributed by atoms with E-state index in [4.69, 9.17) is 0 Å². The normalized spacial score (nSPS) is 10.5. The molecule has 4 nitrogen and oxygen atoms in total. The first-order valence-corrected chi connectivity index (χ1v) is 7.61. The van der Waals surface area contributed by atoms with E-state index in [-0.39, 0.29) is 5.56 Å². The first-order valence-electron chi connectivity index (χ1n) is 6.82. The monoisotopic (exact) mass is 355 g/mol. The molecule has 0 atom stereocenters. The Morgan fingerprint density at radius 2 is 1.86 bits per heavy atom. The number of rotatable bonds is 3. The molecular formula is C17H14BrN3O. The Morgan fingerprint density at radius 3 is 2.59 bits per heavy atom. The van der Waals surface area contributed by atoms with Crippen molar-refractivity contribution in [1.82, 2.24) is 9.97 Å². The van der Waals surface area contributed by atoms with Crippen LogP contribution in [0.15, 0.2) is 63.9 Å². The maximum absolute atomic E-state index is 11.9. The van der Waals surface area contributed by atoms with Crippen molar-refractivity contribution in [2.45, 2.75) is 6.92 Å². The zero-order valence-electron chi connectivity index (χ0n) is 11.9. The van der Waals surface area contributed by atoms with Crippen molar-refractivity contribution in [3.8, 4) is 11.3 Å². The Balaban J connectivity index is 1.98. The largest absolute Gasteiger partial charge is 0.325 e. The van der Waals surface area contributed by atoms with E-state index in [9.17, 15) is 4.79 Å². The van der Waals surface area contributed by atoms with E-state index in [0.717, 1.165) is 21.3 Å². The Morgan fingerprint density at radius 1 is 1.09 bits per heavy atom. The van der Waals surface area contributed by atoms with E-state index >= 15 is 0 Å². The second kappa shape index (κ2) is 6.15. The summed E-state index contributed by atoms with van der Waals surface area (Å²) in [5, 5.41) is 3.14. The molecule has 1 aromatic heterocycles. The zero-order chi connectivity index (χ0) is 15.5.